The van der Waals surface area contributed by atoms with Crippen LogP contribution in [0.1, 0.15) is 0 Å². The first kappa shape index (κ1) is 18.7. The molecule has 1 saturated heterocycles. The number of hydrogen-bond acceptors (Lipinski definition) is 6. The Hall–Kier alpha value is -2.10. The van der Waals surface area contributed by atoms with Crippen LogP contribution < -0.4 is 9.47 Å². The van der Waals surface area contributed by atoms with Gasteiger partial charge in [0.2, 0.25) is 10.0 Å². The molecule has 0 saturated carbocycles. The molecule has 1 aliphatic heterocycles. The van der Waals surface area contributed by atoms with Crippen LogP contribution in [0.15, 0.2) is 41.8 Å². The monoisotopic (exact) mass is 380 g/mol. The van der Waals surface area contributed by atoms with E-state index in [1.807, 2.05) is 10.8 Å². The zero-order valence-electron chi connectivity index (χ0n) is 15.0. The Bertz CT molecular complexity index is 815. The van der Waals surface area contributed by atoms with Crippen LogP contribution in [0.4, 0.5) is 0 Å². The highest BCUT2D eigenvalue weighted by molar-refractivity contribution is 7.89. The van der Waals surface area contributed by atoms with Gasteiger partial charge in [-0.05, 0) is 12.1 Å². The van der Waals surface area contributed by atoms with E-state index in [-0.39, 0.29) is 4.90 Å². The average Bonchev–Trinajstić information content (AvgIpc) is 3.19. The second-order valence-corrected chi connectivity index (χ2v) is 8.00. The molecule has 0 radical (unpaired) electrons. The highest BCUT2D eigenvalue weighted by atomic mass is 32.2. The fraction of sp³-hybridized carbons (Fsp3) is 0.471. The second kappa shape index (κ2) is 8.07. The Labute approximate surface area is 154 Å². The lowest BCUT2D eigenvalue weighted by molar-refractivity contribution is 0.183. The van der Waals surface area contributed by atoms with Gasteiger partial charge in [0.25, 0.3) is 0 Å². The number of hydrogen-bond donors (Lipinski definition) is 0. The van der Waals surface area contributed by atoms with Gasteiger partial charge in [0.1, 0.15) is 0 Å². The predicted octanol–water partition coefficient (Wildman–Crippen LogP) is 0.907. The first-order chi connectivity index (χ1) is 12.5. The van der Waals surface area contributed by atoms with Crippen LogP contribution in [0.25, 0.3) is 0 Å². The van der Waals surface area contributed by atoms with Gasteiger partial charge < -0.3 is 14.0 Å². The van der Waals surface area contributed by atoms with Gasteiger partial charge in [0, 0.05) is 57.7 Å². The summed E-state index contributed by atoms with van der Waals surface area (Å²) in [7, 11) is -0.529. The van der Waals surface area contributed by atoms with Crippen molar-refractivity contribution in [3.05, 3.63) is 36.9 Å². The van der Waals surface area contributed by atoms with E-state index in [4.69, 9.17) is 9.47 Å². The summed E-state index contributed by atoms with van der Waals surface area (Å²) in [6.07, 6.45) is 5.48. The van der Waals surface area contributed by atoms with Gasteiger partial charge >= 0.3 is 0 Å². The molecular weight excluding hydrogens is 356 g/mol. The lowest BCUT2D eigenvalue weighted by Gasteiger charge is -2.34. The van der Waals surface area contributed by atoms with E-state index in [0.717, 1.165) is 13.1 Å². The zero-order valence-corrected chi connectivity index (χ0v) is 15.9. The van der Waals surface area contributed by atoms with Crippen LogP contribution in [0.3, 0.4) is 0 Å². The molecule has 1 aromatic carbocycles. The van der Waals surface area contributed by atoms with Crippen molar-refractivity contribution in [3.8, 4) is 11.5 Å². The van der Waals surface area contributed by atoms with Crippen LogP contribution in [0.5, 0.6) is 11.5 Å². The largest absolute Gasteiger partial charge is 0.493 e. The number of piperazine rings is 1. The van der Waals surface area contributed by atoms with Crippen molar-refractivity contribution in [1.82, 2.24) is 18.8 Å². The standard InChI is InChI=1S/C17H24N4O4S/c1-24-16-4-3-15(13-17(16)25-2)26(22,23)21-11-9-19(10-12-21)7-8-20-6-5-18-14-20/h3-6,13-14H,7-12H2,1-2H3. The third kappa shape index (κ3) is 4.00. The van der Waals surface area contributed by atoms with Crippen LogP contribution in [-0.4, -0.2) is 74.1 Å². The van der Waals surface area contributed by atoms with Gasteiger partial charge in [-0.1, -0.05) is 0 Å². The molecule has 0 atom stereocenters. The molecule has 26 heavy (non-hydrogen) atoms. The average molecular weight is 380 g/mol. The van der Waals surface area contributed by atoms with Crippen LogP contribution >= 0.6 is 0 Å². The van der Waals surface area contributed by atoms with Gasteiger partial charge in [0.05, 0.1) is 25.4 Å². The Morgan fingerprint density at radius 1 is 1.04 bits per heavy atom. The van der Waals surface area contributed by atoms with Crippen molar-refractivity contribution in [2.75, 3.05) is 46.9 Å². The van der Waals surface area contributed by atoms with Crippen LogP contribution in [0, 0.1) is 0 Å². The van der Waals surface area contributed by atoms with Crippen molar-refractivity contribution in [3.63, 3.8) is 0 Å². The molecule has 0 amide bonds. The summed E-state index contributed by atoms with van der Waals surface area (Å²) in [6.45, 7) is 4.09. The normalized spacial score (nSPS) is 16.5. The maximum Gasteiger partial charge on any atom is 0.243 e. The Morgan fingerprint density at radius 3 is 2.38 bits per heavy atom. The molecule has 0 N–H and O–H groups in total. The molecule has 142 valence electrons. The Morgan fingerprint density at radius 2 is 1.77 bits per heavy atom. The number of ether oxygens (including phenoxy) is 2. The van der Waals surface area contributed by atoms with Crippen molar-refractivity contribution in [2.45, 2.75) is 11.4 Å². The van der Waals surface area contributed by atoms with Gasteiger partial charge in [-0.15, -0.1) is 0 Å². The Kier molecular flexibility index (Phi) is 5.80. The second-order valence-electron chi connectivity index (χ2n) is 6.06. The summed E-state index contributed by atoms with van der Waals surface area (Å²) in [6, 6.07) is 4.69. The maximum absolute atomic E-state index is 12.9. The fourth-order valence-corrected chi connectivity index (χ4v) is 4.43. The number of benzene rings is 1. The summed E-state index contributed by atoms with van der Waals surface area (Å²) >= 11 is 0. The van der Waals surface area contributed by atoms with Crippen LogP contribution in [-0.2, 0) is 16.6 Å². The number of sulfonamides is 1. The van der Waals surface area contributed by atoms with E-state index in [1.54, 1.807) is 24.7 Å². The number of methoxy groups -OCH3 is 2. The third-order valence-electron chi connectivity index (χ3n) is 4.56. The van der Waals surface area contributed by atoms with E-state index in [9.17, 15) is 8.42 Å². The van der Waals surface area contributed by atoms with Crippen molar-refractivity contribution in [2.24, 2.45) is 0 Å². The lowest BCUT2D eigenvalue weighted by atomic mass is 10.3. The minimum absolute atomic E-state index is 0.224. The molecule has 0 spiro atoms. The highest BCUT2D eigenvalue weighted by Gasteiger charge is 2.29. The van der Waals surface area contributed by atoms with E-state index >= 15 is 0 Å². The van der Waals surface area contributed by atoms with Crippen molar-refractivity contribution < 1.29 is 17.9 Å². The fourth-order valence-electron chi connectivity index (χ4n) is 3.00. The third-order valence-corrected chi connectivity index (χ3v) is 6.45. The van der Waals surface area contributed by atoms with Crippen molar-refractivity contribution in [1.29, 1.82) is 0 Å². The Balaban J connectivity index is 1.62. The summed E-state index contributed by atoms with van der Waals surface area (Å²) in [5, 5.41) is 0. The number of imidazole rings is 1. The molecule has 1 fully saturated rings. The van der Waals surface area contributed by atoms with Gasteiger partial charge in [0.15, 0.2) is 11.5 Å². The van der Waals surface area contributed by atoms with E-state index in [1.165, 1.54) is 24.6 Å². The molecular formula is C17H24N4O4S. The zero-order chi connectivity index (χ0) is 18.6. The smallest absolute Gasteiger partial charge is 0.243 e. The molecule has 9 heteroatoms. The van der Waals surface area contributed by atoms with Gasteiger partial charge in [-0.3, -0.25) is 4.90 Å². The highest BCUT2D eigenvalue weighted by Crippen LogP contribution is 2.30. The number of nitrogens with zero attached hydrogens (tertiary/aromatic N) is 4. The van der Waals surface area contributed by atoms with Gasteiger partial charge in [-0.2, -0.15) is 4.31 Å². The molecule has 2 aromatic rings. The maximum atomic E-state index is 12.9. The summed E-state index contributed by atoms with van der Waals surface area (Å²) in [5.41, 5.74) is 0. The molecule has 8 nitrogen and oxygen atoms in total. The quantitative estimate of drug-likeness (QED) is 0.711. The van der Waals surface area contributed by atoms with E-state index in [0.29, 0.717) is 37.7 Å². The molecule has 2 heterocycles. The SMILES string of the molecule is COc1ccc(S(=O)(=O)N2CCN(CCn3ccnc3)CC2)cc1OC. The topological polar surface area (TPSA) is 76.9 Å². The lowest BCUT2D eigenvalue weighted by Crippen LogP contribution is -2.49. The first-order valence-corrected chi connectivity index (χ1v) is 9.89. The van der Waals surface area contributed by atoms with E-state index in [2.05, 4.69) is 9.88 Å². The van der Waals surface area contributed by atoms with Crippen LogP contribution in [0.2, 0.25) is 0 Å². The molecule has 0 unspecified atom stereocenters. The number of rotatable bonds is 7. The molecule has 0 bridgehead atoms. The first-order valence-electron chi connectivity index (χ1n) is 8.45. The minimum atomic E-state index is -3.55. The molecule has 1 aromatic heterocycles. The van der Waals surface area contributed by atoms with Crippen molar-refractivity contribution >= 4 is 10.0 Å². The van der Waals surface area contributed by atoms with E-state index < -0.39 is 10.0 Å². The number of aromatic nitrogens is 2. The molecule has 1 aliphatic rings. The summed E-state index contributed by atoms with van der Waals surface area (Å²) in [4.78, 5) is 6.52. The minimum Gasteiger partial charge on any atom is -0.493 e. The summed E-state index contributed by atoms with van der Waals surface area (Å²) in [5.74, 6) is 0.920. The predicted molar refractivity (Wildman–Crippen MR) is 97.0 cm³/mol. The molecule has 0 aliphatic carbocycles. The van der Waals surface area contributed by atoms with Gasteiger partial charge in [-0.25, -0.2) is 13.4 Å². The molecule has 3 rings (SSSR count). The summed E-state index contributed by atoms with van der Waals surface area (Å²) < 4.78 is 39.8.